The van der Waals surface area contributed by atoms with Gasteiger partial charge in [-0.1, -0.05) is 81.6 Å². The number of carboxylic acid groups (broad SMARTS) is 1. The number of nitrogens with zero attached hydrogens (tertiary/aromatic N) is 1. The number of ether oxygens (including phenoxy) is 1. The zero-order valence-electron chi connectivity index (χ0n) is 20.4. The van der Waals surface area contributed by atoms with Crippen molar-refractivity contribution < 1.29 is 24.2 Å². The standard InChI is InChI=1S/C28H34N2O5/c1-18(2)25(26(31)30-16-10-4-3-5-15-24(30)27(32)33)29-28(34)35-17-23-21-13-8-6-11-19(21)20-12-7-9-14-22(20)23/h6-9,11-14,18,23-25H,3-5,10,15-17H2,1-2H3,(H,29,34)(H,32,33)/t24?,25-/m1/s1. The summed E-state index contributed by atoms with van der Waals surface area (Å²) in [4.78, 5) is 39.6. The average Bonchev–Trinajstić information content (AvgIpc) is 3.14. The first kappa shape index (κ1) is 24.8. The molecule has 0 aromatic heterocycles. The minimum Gasteiger partial charge on any atom is -0.480 e. The lowest BCUT2D eigenvalue weighted by Gasteiger charge is -2.35. The molecular formula is C28H34N2O5. The molecule has 0 spiro atoms. The number of benzene rings is 2. The molecule has 7 heteroatoms. The number of carbonyl (C=O) groups is 3. The highest BCUT2D eigenvalue weighted by atomic mass is 16.5. The second-order valence-corrected chi connectivity index (χ2v) is 9.78. The van der Waals surface area contributed by atoms with Crippen LogP contribution in [0.25, 0.3) is 11.1 Å². The van der Waals surface area contributed by atoms with Gasteiger partial charge < -0.3 is 20.1 Å². The number of amides is 2. The fourth-order valence-corrected chi connectivity index (χ4v) is 5.26. The average molecular weight is 479 g/mol. The monoisotopic (exact) mass is 478 g/mol. The van der Waals surface area contributed by atoms with E-state index in [1.165, 1.54) is 4.90 Å². The minimum atomic E-state index is -0.996. The maximum atomic E-state index is 13.4. The van der Waals surface area contributed by atoms with E-state index in [9.17, 15) is 19.5 Å². The van der Waals surface area contributed by atoms with Crippen LogP contribution >= 0.6 is 0 Å². The van der Waals surface area contributed by atoms with Crippen molar-refractivity contribution in [3.8, 4) is 11.1 Å². The molecule has 0 radical (unpaired) electrons. The summed E-state index contributed by atoms with van der Waals surface area (Å²) in [6.07, 6.45) is 3.21. The fraction of sp³-hybridized carbons (Fsp3) is 0.464. The summed E-state index contributed by atoms with van der Waals surface area (Å²) in [5, 5.41) is 12.5. The van der Waals surface area contributed by atoms with Gasteiger partial charge in [0.25, 0.3) is 0 Å². The smallest absolute Gasteiger partial charge is 0.407 e. The lowest BCUT2D eigenvalue weighted by molar-refractivity contribution is -0.152. The third kappa shape index (κ3) is 5.34. The number of hydrogen-bond donors (Lipinski definition) is 2. The van der Waals surface area contributed by atoms with E-state index in [2.05, 4.69) is 29.6 Å². The maximum Gasteiger partial charge on any atom is 0.407 e. The summed E-state index contributed by atoms with van der Waals surface area (Å²) in [5.41, 5.74) is 4.51. The molecule has 2 atom stereocenters. The molecule has 1 aliphatic carbocycles. The van der Waals surface area contributed by atoms with E-state index >= 15 is 0 Å². The third-order valence-corrected chi connectivity index (χ3v) is 7.12. The molecule has 2 aromatic carbocycles. The normalized spacial score (nSPS) is 18.7. The lowest BCUT2D eigenvalue weighted by Crippen LogP contribution is -2.56. The maximum absolute atomic E-state index is 13.4. The number of alkyl carbamates (subject to hydrolysis) is 1. The molecule has 1 saturated heterocycles. The molecule has 4 rings (SSSR count). The first-order valence-electron chi connectivity index (χ1n) is 12.5. The first-order chi connectivity index (χ1) is 16.9. The van der Waals surface area contributed by atoms with E-state index in [-0.39, 0.29) is 24.3 Å². The predicted molar refractivity (Wildman–Crippen MR) is 133 cm³/mol. The Balaban J connectivity index is 1.45. The van der Waals surface area contributed by atoms with E-state index in [0.29, 0.717) is 13.0 Å². The molecule has 0 bridgehead atoms. The van der Waals surface area contributed by atoms with Gasteiger partial charge in [-0.05, 0) is 41.0 Å². The Morgan fingerprint density at radius 3 is 2.17 bits per heavy atom. The van der Waals surface area contributed by atoms with Crippen molar-refractivity contribution in [3.05, 3.63) is 59.7 Å². The summed E-state index contributed by atoms with van der Waals surface area (Å²) in [6.45, 7) is 4.21. The van der Waals surface area contributed by atoms with E-state index in [1.807, 2.05) is 38.1 Å². The van der Waals surface area contributed by atoms with Gasteiger partial charge in [0.2, 0.25) is 5.91 Å². The molecule has 1 heterocycles. The molecule has 1 unspecified atom stereocenters. The number of fused-ring (bicyclic) bond motifs is 3. The Kier molecular flexibility index (Phi) is 7.73. The quantitative estimate of drug-likeness (QED) is 0.622. The van der Waals surface area contributed by atoms with Crippen molar-refractivity contribution in [3.63, 3.8) is 0 Å². The first-order valence-corrected chi connectivity index (χ1v) is 12.5. The number of aliphatic carboxylic acids is 1. The van der Waals surface area contributed by atoms with Crippen LogP contribution < -0.4 is 5.32 Å². The summed E-state index contributed by atoms with van der Waals surface area (Å²) >= 11 is 0. The van der Waals surface area contributed by atoms with Crippen LogP contribution in [0.5, 0.6) is 0 Å². The van der Waals surface area contributed by atoms with Gasteiger partial charge in [0.15, 0.2) is 0 Å². The van der Waals surface area contributed by atoms with E-state index in [0.717, 1.165) is 47.9 Å². The van der Waals surface area contributed by atoms with Crippen molar-refractivity contribution in [2.24, 2.45) is 5.92 Å². The molecule has 7 nitrogen and oxygen atoms in total. The highest BCUT2D eigenvalue weighted by molar-refractivity contribution is 5.89. The van der Waals surface area contributed by atoms with Crippen LogP contribution in [0.3, 0.4) is 0 Å². The van der Waals surface area contributed by atoms with Crippen molar-refractivity contribution >= 4 is 18.0 Å². The van der Waals surface area contributed by atoms with E-state index in [1.54, 1.807) is 0 Å². The van der Waals surface area contributed by atoms with Gasteiger partial charge in [-0.15, -0.1) is 0 Å². The van der Waals surface area contributed by atoms with Crippen molar-refractivity contribution in [1.29, 1.82) is 0 Å². The van der Waals surface area contributed by atoms with Crippen LogP contribution in [0.1, 0.15) is 63.0 Å². The Morgan fingerprint density at radius 2 is 1.57 bits per heavy atom. The number of carbonyl (C=O) groups excluding carboxylic acids is 2. The Bertz CT molecular complexity index is 1040. The summed E-state index contributed by atoms with van der Waals surface area (Å²) in [5.74, 6) is -1.65. The molecule has 186 valence electrons. The van der Waals surface area contributed by atoms with Crippen LogP contribution in [0.15, 0.2) is 48.5 Å². The molecule has 1 fully saturated rings. The van der Waals surface area contributed by atoms with Crippen molar-refractivity contribution in [2.45, 2.75) is 64.0 Å². The van der Waals surface area contributed by atoms with Crippen molar-refractivity contribution in [1.82, 2.24) is 10.2 Å². The van der Waals surface area contributed by atoms with Gasteiger partial charge in [-0.2, -0.15) is 0 Å². The largest absolute Gasteiger partial charge is 0.480 e. The lowest BCUT2D eigenvalue weighted by atomic mass is 9.97. The minimum absolute atomic E-state index is 0.0768. The molecule has 2 N–H and O–H groups in total. The van der Waals surface area contributed by atoms with Gasteiger partial charge in [0, 0.05) is 12.5 Å². The molecule has 2 aliphatic rings. The van der Waals surface area contributed by atoms with Crippen LogP contribution in [-0.4, -0.2) is 53.2 Å². The molecule has 35 heavy (non-hydrogen) atoms. The van der Waals surface area contributed by atoms with Crippen molar-refractivity contribution in [2.75, 3.05) is 13.2 Å². The number of likely N-dealkylation sites (tertiary alicyclic amines) is 1. The van der Waals surface area contributed by atoms with Crippen LogP contribution in [0.2, 0.25) is 0 Å². The van der Waals surface area contributed by atoms with Gasteiger partial charge in [0.05, 0.1) is 0 Å². The van der Waals surface area contributed by atoms with Crippen LogP contribution in [-0.2, 0) is 14.3 Å². The van der Waals surface area contributed by atoms with Crippen LogP contribution in [0.4, 0.5) is 4.79 Å². The second kappa shape index (κ2) is 10.9. The fourth-order valence-electron chi connectivity index (χ4n) is 5.26. The van der Waals surface area contributed by atoms with E-state index < -0.39 is 24.1 Å². The molecule has 2 amide bonds. The zero-order valence-corrected chi connectivity index (χ0v) is 20.4. The van der Waals surface area contributed by atoms with Gasteiger partial charge in [0.1, 0.15) is 18.7 Å². The summed E-state index contributed by atoms with van der Waals surface area (Å²) in [7, 11) is 0. The van der Waals surface area contributed by atoms with Gasteiger partial charge >= 0.3 is 12.1 Å². The number of rotatable bonds is 6. The van der Waals surface area contributed by atoms with Crippen LogP contribution in [0, 0.1) is 5.92 Å². The number of carboxylic acids is 1. The summed E-state index contributed by atoms with van der Waals surface area (Å²) < 4.78 is 5.64. The molecule has 0 saturated carbocycles. The topological polar surface area (TPSA) is 95.9 Å². The zero-order chi connectivity index (χ0) is 24.9. The van der Waals surface area contributed by atoms with Gasteiger partial charge in [-0.3, -0.25) is 4.79 Å². The Morgan fingerprint density at radius 1 is 0.971 bits per heavy atom. The van der Waals surface area contributed by atoms with E-state index in [4.69, 9.17) is 4.74 Å². The third-order valence-electron chi connectivity index (χ3n) is 7.12. The summed E-state index contributed by atoms with van der Waals surface area (Å²) in [6, 6.07) is 14.5. The molecule has 1 aliphatic heterocycles. The Labute approximate surface area is 206 Å². The highest BCUT2D eigenvalue weighted by Gasteiger charge is 2.36. The number of nitrogens with one attached hydrogen (secondary N) is 1. The van der Waals surface area contributed by atoms with Gasteiger partial charge in [-0.25, -0.2) is 9.59 Å². The number of hydrogen-bond acceptors (Lipinski definition) is 4. The highest BCUT2D eigenvalue weighted by Crippen LogP contribution is 2.44. The SMILES string of the molecule is CC(C)[C@@H](NC(=O)OCC1c2ccccc2-c2ccccc21)C(=O)N1CCCCCCC1C(=O)O. The molecular weight excluding hydrogens is 444 g/mol. The molecule has 2 aromatic rings. The second-order valence-electron chi connectivity index (χ2n) is 9.78. The predicted octanol–water partition coefficient (Wildman–Crippen LogP) is 4.80. The Hall–Kier alpha value is -3.35.